The van der Waals surface area contributed by atoms with Gasteiger partial charge in [0, 0.05) is 23.6 Å². The van der Waals surface area contributed by atoms with Gasteiger partial charge in [-0.05, 0) is 61.4 Å². The number of amides is 1. The molecule has 4 nitrogen and oxygen atoms in total. The number of anilines is 1. The predicted octanol–water partition coefficient (Wildman–Crippen LogP) is 4.39. The second-order valence-electron chi connectivity index (χ2n) is 6.60. The molecular weight excluding hydrogens is 346 g/mol. The van der Waals surface area contributed by atoms with Crippen molar-refractivity contribution in [2.24, 2.45) is 0 Å². The van der Waals surface area contributed by atoms with E-state index in [1.165, 1.54) is 4.90 Å². The lowest BCUT2D eigenvalue weighted by atomic mass is 10.1. The highest BCUT2D eigenvalue weighted by molar-refractivity contribution is 7.99. The first-order valence-corrected chi connectivity index (χ1v) is 10.2. The summed E-state index contributed by atoms with van der Waals surface area (Å²) in [4.78, 5) is 16.1. The Morgan fingerprint density at radius 3 is 2.81 bits per heavy atom. The summed E-state index contributed by atoms with van der Waals surface area (Å²) >= 11 is 1.82. The van der Waals surface area contributed by atoms with Crippen LogP contribution in [-0.4, -0.2) is 37.5 Å². The SMILES string of the molecule is O=C(c1ccc(OC[C@@H]2CCCO2)cc1)N1CCCSc2ccccc21. The fourth-order valence-electron chi connectivity index (χ4n) is 3.35. The number of benzene rings is 2. The van der Waals surface area contributed by atoms with Crippen molar-refractivity contribution in [2.45, 2.75) is 30.3 Å². The monoisotopic (exact) mass is 369 g/mol. The van der Waals surface area contributed by atoms with Crippen LogP contribution >= 0.6 is 11.8 Å². The van der Waals surface area contributed by atoms with Crippen molar-refractivity contribution < 1.29 is 14.3 Å². The van der Waals surface area contributed by atoms with Crippen LogP contribution in [0.2, 0.25) is 0 Å². The van der Waals surface area contributed by atoms with Crippen LogP contribution in [0.3, 0.4) is 0 Å². The van der Waals surface area contributed by atoms with E-state index >= 15 is 0 Å². The molecule has 1 saturated heterocycles. The molecule has 136 valence electrons. The van der Waals surface area contributed by atoms with E-state index < -0.39 is 0 Å². The van der Waals surface area contributed by atoms with Gasteiger partial charge in [0.05, 0.1) is 11.8 Å². The number of carbonyl (C=O) groups is 1. The highest BCUT2D eigenvalue weighted by Crippen LogP contribution is 2.34. The van der Waals surface area contributed by atoms with Crippen molar-refractivity contribution in [3.05, 3.63) is 54.1 Å². The lowest BCUT2D eigenvalue weighted by molar-refractivity contribution is 0.0679. The first-order chi connectivity index (χ1) is 12.8. The lowest BCUT2D eigenvalue weighted by Gasteiger charge is -2.22. The summed E-state index contributed by atoms with van der Waals surface area (Å²) in [5.41, 5.74) is 1.70. The molecule has 1 fully saturated rings. The molecule has 2 heterocycles. The van der Waals surface area contributed by atoms with Gasteiger partial charge >= 0.3 is 0 Å². The van der Waals surface area contributed by atoms with Gasteiger partial charge in [0.2, 0.25) is 0 Å². The van der Waals surface area contributed by atoms with Gasteiger partial charge in [-0.2, -0.15) is 0 Å². The van der Waals surface area contributed by atoms with E-state index in [0.717, 1.165) is 49.6 Å². The fraction of sp³-hybridized carbons (Fsp3) is 0.381. The van der Waals surface area contributed by atoms with Crippen molar-refractivity contribution in [1.82, 2.24) is 0 Å². The molecule has 26 heavy (non-hydrogen) atoms. The molecule has 2 aliphatic heterocycles. The van der Waals surface area contributed by atoms with Crippen molar-refractivity contribution in [3.63, 3.8) is 0 Å². The molecule has 4 rings (SSSR count). The topological polar surface area (TPSA) is 38.8 Å². The van der Waals surface area contributed by atoms with Crippen molar-refractivity contribution in [1.29, 1.82) is 0 Å². The molecule has 1 amide bonds. The van der Waals surface area contributed by atoms with E-state index in [1.54, 1.807) is 0 Å². The van der Waals surface area contributed by atoms with Crippen LogP contribution in [-0.2, 0) is 4.74 Å². The van der Waals surface area contributed by atoms with Gasteiger partial charge in [-0.25, -0.2) is 0 Å². The Kier molecular flexibility index (Phi) is 5.46. The molecule has 0 N–H and O–H groups in total. The third-order valence-electron chi connectivity index (χ3n) is 4.75. The Morgan fingerprint density at radius 1 is 1.15 bits per heavy atom. The van der Waals surface area contributed by atoms with Gasteiger partial charge in [0.15, 0.2) is 0 Å². The van der Waals surface area contributed by atoms with Gasteiger partial charge in [-0.3, -0.25) is 4.79 Å². The van der Waals surface area contributed by atoms with Crippen LogP contribution in [0, 0.1) is 0 Å². The Hall–Kier alpha value is -1.98. The second kappa shape index (κ2) is 8.14. The molecule has 0 aromatic heterocycles. The van der Waals surface area contributed by atoms with Crippen LogP contribution in [0.4, 0.5) is 5.69 Å². The molecule has 2 aromatic rings. The number of hydrogen-bond acceptors (Lipinski definition) is 4. The zero-order valence-electron chi connectivity index (χ0n) is 14.7. The zero-order chi connectivity index (χ0) is 17.8. The molecule has 5 heteroatoms. The summed E-state index contributed by atoms with van der Waals surface area (Å²) in [7, 11) is 0. The molecule has 2 aromatic carbocycles. The average Bonchev–Trinajstić information content (AvgIpc) is 3.12. The minimum Gasteiger partial charge on any atom is -0.491 e. The molecule has 0 unspecified atom stereocenters. The van der Waals surface area contributed by atoms with E-state index in [1.807, 2.05) is 59.1 Å². The number of carbonyl (C=O) groups excluding carboxylic acids is 1. The number of rotatable bonds is 4. The van der Waals surface area contributed by atoms with E-state index in [-0.39, 0.29) is 12.0 Å². The molecule has 0 bridgehead atoms. The van der Waals surface area contributed by atoms with Crippen LogP contribution < -0.4 is 9.64 Å². The minimum absolute atomic E-state index is 0.0469. The fourth-order valence-corrected chi connectivity index (χ4v) is 4.35. The molecule has 2 aliphatic rings. The van der Waals surface area contributed by atoms with E-state index in [0.29, 0.717) is 12.2 Å². The van der Waals surface area contributed by atoms with Crippen LogP contribution in [0.25, 0.3) is 0 Å². The summed E-state index contributed by atoms with van der Waals surface area (Å²) in [5, 5.41) is 0. The predicted molar refractivity (Wildman–Crippen MR) is 104 cm³/mol. The normalized spacial score (nSPS) is 19.7. The summed E-state index contributed by atoms with van der Waals surface area (Å²) in [6, 6.07) is 15.6. The maximum atomic E-state index is 13.0. The first-order valence-electron chi connectivity index (χ1n) is 9.19. The maximum Gasteiger partial charge on any atom is 0.258 e. The second-order valence-corrected chi connectivity index (χ2v) is 7.73. The van der Waals surface area contributed by atoms with Gasteiger partial charge in [0.1, 0.15) is 12.4 Å². The molecular formula is C21H23NO3S. The number of fused-ring (bicyclic) bond motifs is 1. The smallest absolute Gasteiger partial charge is 0.258 e. The van der Waals surface area contributed by atoms with E-state index in [9.17, 15) is 4.79 Å². The van der Waals surface area contributed by atoms with E-state index in [4.69, 9.17) is 9.47 Å². The van der Waals surface area contributed by atoms with Crippen molar-refractivity contribution in [3.8, 4) is 5.75 Å². The van der Waals surface area contributed by atoms with Crippen molar-refractivity contribution in [2.75, 3.05) is 30.4 Å². The third kappa shape index (κ3) is 3.89. The van der Waals surface area contributed by atoms with Gasteiger partial charge in [-0.15, -0.1) is 11.8 Å². The lowest BCUT2D eigenvalue weighted by Crippen LogP contribution is -2.31. The summed E-state index contributed by atoms with van der Waals surface area (Å²) in [6.45, 7) is 2.15. The van der Waals surface area contributed by atoms with E-state index in [2.05, 4.69) is 6.07 Å². The van der Waals surface area contributed by atoms with Gasteiger partial charge < -0.3 is 14.4 Å². The molecule has 1 atom stereocenters. The van der Waals surface area contributed by atoms with Crippen LogP contribution in [0.5, 0.6) is 5.75 Å². The Morgan fingerprint density at radius 2 is 2.00 bits per heavy atom. The molecule has 0 radical (unpaired) electrons. The largest absolute Gasteiger partial charge is 0.491 e. The van der Waals surface area contributed by atoms with Gasteiger partial charge in [-0.1, -0.05) is 12.1 Å². The van der Waals surface area contributed by atoms with Crippen molar-refractivity contribution >= 4 is 23.4 Å². The standard InChI is InChI=1S/C21H23NO3S/c23-21(22-12-4-14-26-20-7-2-1-6-19(20)22)16-8-10-17(11-9-16)25-15-18-5-3-13-24-18/h1-2,6-11,18H,3-5,12-15H2/t18-/m0/s1. The highest BCUT2D eigenvalue weighted by atomic mass is 32.2. The average molecular weight is 369 g/mol. The quantitative estimate of drug-likeness (QED) is 0.801. The Labute approximate surface area is 158 Å². The van der Waals surface area contributed by atoms with Crippen LogP contribution in [0.1, 0.15) is 29.6 Å². The third-order valence-corrected chi connectivity index (χ3v) is 5.90. The van der Waals surface area contributed by atoms with Gasteiger partial charge in [0.25, 0.3) is 5.91 Å². The number of para-hydroxylation sites is 1. The minimum atomic E-state index is 0.0469. The zero-order valence-corrected chi connectivity index (χ0v) is 15.5. The number of hydrogen-bond donors (Lipinski definition) is 0. The summed E-state index contributed by atoms with van der Waals surface area (Å²) < 4.78 is 11.4. The molecule has 0 aliphatic carbocycles. The summed E-state index contributed by atoms with van der Waals surface area (Å²) in [5.74, 6) is 1.87. The molecule has 0 saturated carbocycles. The van der Waals surface area contributed by atoms with Crippen LogP contribution in [0.15, 0.2) is 53.4 Å². The Balaban J connectivity index is 1.46. The first kappa shape index (κ1) is 17.4. The number of thioether (sulfide) groups is 1. The number of nitrogens with zero attached hydrogens (tertiary/aromatic N) is 1. The highest BCUT2D eigenvalue weighted by Gasteiger charge is 2.22. The Bertz CT molecular complexity index is 756. The maximum absolute atomic E-state index is 13.0. The number of ether oxygens (including phenoxy) is 2. The molecule has 0 spiro atoms. The summed E-state index contributed by atoms with van der Waals surface area (Å²) in [6.07, 6.45) is 3.36.